The minimum Gasteiger partial charge on any atom is -0.467 e. The molecule has 4 nitrogen and oxygen atoms in total. The van der Waals surface area contributed by atoms with Crippen molar-refractivity contribution in [1.82, 2.24) is 10.2 Å². The van der Waals surface area contributed by atoms with Crippen molar-refractivity contribution < 1.29 is 9.53 Å². The average molecular weight is 290 g/mol. The molecule has 116 valence electrons. The maximum absolute atomic E-state index is 12.6. The lowest BCUT2D eigenvalue weighted by Crippen LogP contribution is -2.56. The van der Waals surface area contributed by atoms with E-state index < -0.39 is 5.54 Å². The normalized spacial score (nSPS) is 18.4. The van der Waals surface area contributed by atoms with E-state index in [2.05, 4.69) is 17.1 Å². The Morgan fingerprint density at radius 1 is 1.29 bits per heavy atom. The van der Waals surface area contributed by atoms with E-state index in [9.17, 15) is 4.79 Å². The number of carbonyl (C=O) groups is 1. The first kappa shape index (κ1) is 16.0. The third kappa shape index (κ3) is 3.63. The van der Waals surface area contributed by atoms with Crippen molar-refractivity contribution in [2.75, 3.05) is 33.3 Å². The number of carbonyl (C=O) groups excluding carboxylic acids is 1. The Morgan fingerprint density at radius 3 is 2.52 bits per heavy atom. The van der Waals surface area contributed by atoms with E-state index in [4.69, 9.17) is 4.74 Å². The van der Waals surface area contributed by atoms with Gasteiger partial charge in [0.25, 0.3) is 0 Å². The second-order valence-corrected chi connectivity index (χ2v) is 5.67. The molecule has 4 heteroatoms. The van der Waals surface area contributed by atoms with Gasteiger partial charge in [-0.15, -0.1) is 0 Å². The number of hydrogen-bond donors (Lipinski definition) is 1. The van der Waals surface area contributed by atoms with Gasteiger partial charge in [0.05, 0.1) is 7.11 Å². The molecule has 1 N–H and O–H groups in total. The van der Waals surface area contributed by atoms with Crippen LogP contribution in [0.5, 0.6) is 0 Å². The number of likely N-dealkylation sites (tertiary alicyclic amines) is 1. The Bertz CT molecular complexity index is 443. The summed E-state index contributed by atoms with van der Waals surface area (Å²) in [6.45, 7) is 5.68. The van der Waals surface area contributed by atoms with Crippen molar-refractivity contribution in [2.45, 2.75) is 31.7 Å². The van der Waals surface area contributed by atoms with Gasteiger partial charge < -0.3 is 9.64 Å². The van der Waals surface area contributed by atoms with Crippen LogP contribution in [0.2, 0.25) is 0 Å². The molecule has 1 heterocycles. The molecule has 1 aromatic rings. The minimum atomic E-state index is -0.768. The maximum atomic E-state index is 12.6. The molecule has 1 aliphatic heterocycles. The first-order chi connectivity index (χ1) is 10.2. The fourth-order valence-corrected chi connectivity index (χ4v) is 3.02. The van der Waals surface area contributed by atoms with Crippen LogP contribution in [0.25, 0.3) is 0 Å². The molecule has 1 aromatic carbocycles. The quantitative estimate of drug-likeness (QED) is 0.781. The summed E-state index contributed by atoms with van der Waals surface area (Å²) in [5.74, 6) is -0.200. The molecule has 0 aliphatic carbocycles. The van der Waals surface area contributed by atoms with Gasteiger partial charge in [-0.1, -0.05) is 37.3 Å². The van der Waals surface area contributed by atoms with E-state index >= 15 is 0 Å². The molecule has 0 radical (unpaired) electrons. The molecule has 1 fully saturated rings. The van der Waals surface area contributed by atoms with Gasteiger partial charge >= 0.3 is 5.97 Å². The van der Waals surface area contributed by atoms with Crippen LogP contribution in [0.3, 0.4) is 0 Å². The topological polar surface area (TPSA) is 41.6 Å². The highest BCUT2D eigenvalue weighted by molar-refractivity contribution is 5.83. The zero-order valence-electron chi connectivity index (χ0n) is 13.1. The van der Waals surface area contributed by atoms with Crippen molar-refractivity contribution in [3.63, 3.8) is 0 Å². The lowest BCUT2D eigenvalue weighted by atomic mass is 9.88. The van der Waals surface area contributed by atoms with E-state index in [0.29, 0.717) is 6.54 Å². The average Bonchev–Trinajstić information content (AvgIpc) is 3.04. The van der Waals surface area contributed by atoms with E-state index in [1.54, 1.807) is 0 Å². The van der Waals surface area contributed by atoms with Crippen LogP contribution in [0.1, 0.15) is 31.7 Å². The molecule has 1 saturated heterocycles. The highest BCUT2D eigenvalue weighted by Gasteiger charge is 2.42. The number of hydrogen-bond acceptors (Lipinski definition) is 4. The summed E-state index contributed by atoms with van der Waals surface area (Å²) in [6.07, 6.45) is 3.39. The Balaban J connectivity index is 2.34. The van der Waals surface area contributed by atoms with E-state index in [0.717, 1.165) is 31.6 Å². The molecular formula is C17H26N2O2. The summed E-state index contributed by atoms with van der Waals surface area (Å²) in [4.78, 5) is 15.0. The van der Waals surface area contributed by atoms with E-state index in [1.807, 2.05) is 30.3 Å². The number of esters is 1. The maximum Gasteiger partial charge on any atom is 0.332 e. The molecule has 0 saturated carbocycles. The molecule has 2 rings (SSSR count). The molecule has 0 amide bonds. The van der Waals surface area contributed by atoms with Gasteiger partial charge in [-0.05, 0) is 44.5 Å². The molecule has 1 aliphatic rings. The fraction of sp³-hybridized carbons (Fsp3) is 0.588. The van der Waals surface area contributed by atoms with Crippen molar-refractivity contribution in [3.05, 3.63) is 35.9 Å². The van der Waals surface area contributed by atoms with Crippen molar-refractivity contribution in [1.29, 1.82) is 0 Å². The lowest BCUT2D eigenvalue weighted by molar-refractivity contribution is -0.150. The van der Waals surface area contributed by atoms with Crippen molar-refractivity contribution >= 4 is 5.97 Å². The zero-order valence-corrected chi connectivity index (χ0v) is 13.1. The molecule has 0 spiro atoms. The van der Waals surface area contributed by atoms with Gasteiger partial charge in [0, 0.05) is 6.54 Å². The summed E-state index contributed by atoms with van der Waals surface area (Å²) in [7, 11) is 1.47. The molecule has 1 unspecified atom stereocenters. The number of nitrogens with zero attached hydrogens (tertiary/aromatic N) is 1. The van der Waals surface area contributed by atoms with Gasteiger partial charge in [-0.25, -0.2) is 4.79 Å². The molecule has 0 aromatic heterocycles. The minimum absolute atomic E-state index is 0.200. The van der Waals surface area contributed by atoms with E-state index in [1.165, 1.54) is 20.0 Å². The monoisotopic (exact) mass is 290 g/mol. The Hall–Kier alpha value is -1.39. The summed E-state index contributed by atoms with van der Waals surface area (Å²) < 4.78 is 5.15. The second kappa shape index (κ2) is 7.57. The largest absolute Gasteiger partial charge is 0.467 e. The molecule has 1 atom stereocenters. The zero-order chi connectivity index (χ0) is 15.1. The third-order valence-electron chi connectivity index (χ3n) is 4.14. The van der Waals surface area contributed by atoms with Crippen LogP contribution < -0.4 is 5.32 Å². The van der Waals surface area contributed by atoms with Crippen LogP contribution in [0.15, 0.2) is 30.3 Å². The standard InChI is InChI=1S/C17H26N2O2/c1-3-11-18-17(16(20)21-2,14-19-12-7-8-13-19)15-9-5-4-6-10-15/h4-6,9-10,18H,3,7-8,11-14H2,1-2H3. The predicted molar refractivity (Wildman–Crippen MR) is 84.1 cm³/mol. The fourth-order valence-electron chi connectivity index (χ4n) is 3.02. The Morgan fingerprint density at radius 2 is 1.95 bits per heavy atom. The highest BCUT2D eigenvalue weighted by atomic mass is 16.5. The van der Waals surface area contributed by atoms with Gasteiger partial charge in [0.15, 0.2) is 5.54 Å². The SMILES string of the molecule is CCCNC(CN1CCCC1)(C(=O)OC)c1ccccc1. The van der Waals surface area contributed by atoms with Gasteiger partial charge in [0.2, 0.25) is 0 Å². The molecular weight excluding hydrogens is 264 g/mol. The van der Waals surface area contributed by atoms with Crippen LogP contribution >= 0.6 is 0 Å². The number of rotatable bonds is 7. The second-order valence-electron chi connectivity index (χ2n) is 5.67. The van der Waals surface area contributed by atoms with E-state index in [-0.39, 0.29) is 5.97 Å². The van der Waals surface area contributed by atoms with Gasteiger partial charge in [-0.2, -0.15) is 0 Å². The Labute approximate surface area is 127 Å². The third-order valence-corrected chi connectivity index (χ3v) is 4.14. The summed E-state index contributed by atoms with van der Waals surface area (Å²) >= 11 is 0. The van der Waals surface area contributed by atoms with Gasteiger partial charge in [0.1, 0.15) is 0 Å². The van der Waals surface area contributed by atoms with Crippen molar-refractivity contribution in [2.24, 2.45) is 0 Å². The summed E-state index contributed by atoms with van der Waals surface area (Å²) in [5, 5.41) is 3.46. The first-order valence-corrected chi connectivity index (χ1v) is 7.84. The molecule has 21 heavy (non-hydrogen) atoms. The Kier molecular flexibility index (Phi) is 5.76. The predicted octanol–water partition coefficient (Wildman–Crippen LogP) is 2.15. The van der Waals surface area contributed by atoms with Crippen LogP contribution in [0, 0.1) is 0 Å². The van der Waals surface area contributed by atoms with Crippen LogP contribution in [-0.4, -0.2) is 44.2 Å². The number of nitrogens with one attached hydrogen (secondary N) is 1. The smallest absolute Gasteiger partial charge is 0.332 e. The number of ether oxygens (including phenoxy) is 1. The lowest BCUT2D eigenvalue weighted by Gasteiger charge is -2.36. The number of benzene rings is 1. The summed E-state index contributed by atoms with van der Waals surface area (Å²) in [6, 6.07) is 9.95. The number of methoxy groups -OCH3 is 1. The van der Waals surface area contributed by atoms with Gasteiger partial charge in [-0.3, -0.25) is 5.32 Å². The van der Waals surface area contributed by atoms with Crippen LogP contribution in [-0.2, 0) is 15.1 Å². The van der Waals surface area contributed by atoms with Crippen molar-refractivity contribution in [3.8, 4) is 0 Å². The summed E-state index contributed by atoms with van der Waals surface area (Å²) in [5.41, 5.74) is 0.216. The highest BCUT2D eigenvalue weighted by Crippen LogP contribution is 2.26. The molecule has 0 bridgehead atoms. The first-order valence-electron chi connectivity index (χ1n) is 7.84. The van der Waals surface area contributed by atoms with Crippen LogP contribution in [0.4, 0.5) is 0 Å².